The summed E-state index contributed by atoms with van der Waals surface area (Å²) in [5.41, 5.74) is 0. The first-order valence-corrected chi connectivity index (χ1v) is 0.926. The van der Waals surface area contributed by atoms with E-state index < -0.39 is 0 Å². The molecule has 0 amide bonds. The lowest BCUT2D eigenvalue weighted by Gasteiger charge is -1.46. The molecule has 0 rings (SSSR count). The summed E-state index contributed by atoms with van der Waals surface area (Å²) in [6.07, 6.45) is 0. The third-order valence-electron chi connectivity index (χ3n) is 0. The Kier molecular flexibility index (Phi) is 21.4. The van der Waals surface area contributed by atoms with Crippen LogP contribution in [0.4, 0.5) is 0 Å². The number of halogens is 2. The van der Waals surface area contributed by atoms with Crippen LogP contribution in [0.15, 0.2) is 0 Å². The Hall–Kier alpha value is 0.500. The first-order valence-electron chi connectivity index (χ1n) is 0.309. The highest BCUT2D eigenvalue weighted by molar-refractivity contribution is 6.24. The summed E-state index contributed by atoms with van der Waals surface area (Å²) < 4.78 is 3.19. The maximum absolute atomic E-state index is 4.26. The molecule has 0 radical (unpaired) electrons. The second-order valence-electron chi connectivity index (χ2n) is 0.0583. The second-order valence-corrected chi connectivity index (χ2v) is 0.525. The van der Waals surface area contributed by atoms with E-state index in [4.69, 9.17) is 0 Å². The van der Waals surface area contributed by atoms with Crippen molar-refractivity contribution in [2.75, 3.05) is 0 Å². The Bertz CT molecular complexity index is 6.00. The summed E-state index contributed by atoms with van der Waals surface area (Å²) >= 11 is 8.53. The lowest BCUT2D eigenvalue weighted by atomic mass is 14.0. The van der Waals surface area contributed by atoms with Crippen molar-refractivity contribution in [1.29, 1.82) is 0 Å². The van der Waals surface area contributed by atoms with Crippen molar-refractivity contribution in [2.24, 2.45) is 0 Å². The van der Waals surface area contributed by atoms with Crippen LogP contribution in [0.3, 0.4) is 0 Å². The van der Waals surface area contributed by atoms with E-state index in [2.05, 4.69) is 27.6 Å². The highest BCUT2D eigenvalue weighted by Gasteiger charge is 1.38. The van der Waals surface area contributed by atoms with E-state index in [1.165, 1.54) is 0 Å². The molecule has 0 aromatic carbocycles. The van der Waals surface area contributed by atoms with Crippen molar-refractivity contribution in [1.82, 2.24) is 6.15 Å². The fraction of sp³-hybridized carbons (Fsp3) is 0. The van der Waals surface area contributed by atoms with Gasteiger partial charge in [0.05, 0.1) is 23.7 Å². The van der Waals surface area contributed by atoms with Gasteiger partial charge in [0.15, 0.2) is 0 Å². The van der Waals surface area contributed by atoms with Crippen molar-refractivity contribution in [3.63, 3.8) is 0 Å². The molecule has 0 saturated heterocycles. The van der Waals surface area contributed by atoms with Gasteiger partial charge in [-0.2, -0.15) is 3.84 Å². The quantitative estimate of drug-likeness (QED) is 0.505. The number of hydrogen-bond donors (Lipinski definition) is 1. The zero-order valence-corrected chi connectivity index (χ0v) is 3.38. The van der Waals surface area contributed by atoms with Crippen molar-refractivity contribution >= 4 is 23.7 Å². The Labute approximate surface area is 34.6 Å². The molecule has 0 aliphatic rings. The van der Waals surface area contributed by atoms with Crippen LogP contribution in [-0.4, -0.2) is 0 Å². The predicted octanol–water partition coefficient (Wildman–Crippen LogP) is 1.47. The van der Waals surface area contributed by atoms with Crippen LogP contribution in [-0.2, 0) is 3.84 Å². The van der Waals surface area contributed by atoms with Crippen molar-refractivity contribution in [3.8, 4) is 0 Å². The molecule has 0 fully saturated rings. The first kappa shape index (κ1) is 8.82. The van der Waals surface area contributed by atoms with Gasteiger partial charge in [-0.1, -0.05) is 0 Å². The highest BCUT2D eigenvalue weighted by atomic mass is 35.6. The SMILES string of the molecule is ClOCl.N. The molecule has 2 nitrogen and oxygen atoms in total. The molecule has 0 spiro atoms. The van der Waals surface area contributed by atoms with Crippen LogP contribution in [0.1, 0.15) is 0 Å². The third-order valence-corrected chi connectivity index (χ3v) is 0. The van der Waals surface area contributed by atoms with Gasteiger partial charge in [-0.05, 0) is 0 Å². The zero-order chi connectivity index (χ0) is 2.71. The van der Waals surface area contributed by atoms with Gasteiger partial charge in [0.25, 0.3) is 0 Å². The molecule has 0 atom stereocenters. The summed E-state index contributed by atoms with van der Waals surface area (Å²) in [5, 5.41) is 0. The minimum absolute atomic E-state index is 0. The lowest BCUT2D eigenvalue weighted by molar-refractivity contribution is 0.697. The molecule has 0 aromatic heterocycles. The summed E-state index contributed by atoms with van der Waals surface area (Å²) in [6.45, 7) is 0. The monoisotopic (exact) mass is 103 g/mol. The predicted molar refractivity (Wildman–Crippen MR) is 17.8 cm³/mol. The maximum atomic E-state index is 4.26. The second kappa shape index (κ2) is 9.72. The molecule has 4 heteroatoms. The fourth-order valence-electron chi connectivity index (χ4n) is 0. The lowest BCUT2D eigenvalue weighted by Crippen LogP contribution is -1.15. The van der Waals surface area contributed by atoms with Gasteiger partial charge in [0, 0.05) is 0 Å². The standard InChI is InChI=1S/Cl2O.H3N/c1-3-2;/h;1H3. The smallest absolute Gasteiger partial charge is 0.0832 e. The van der Waals surface area contributed by atoms with Crippen LogP contribution in [0, 0.1) is 0 Å². The van der Waals surface area contributed by atoms with Gasteiger partial charge in [-0.25, -0.2) is 0 Å². The van der Waals surface area contributed by atoms with Gasteiger partial charge in [0.1, 0.15) is 0 Å². The minimum atomic E-state index is 0. The van der Waals surface area contributed by atoms with Crippen LogP contribution in [0.25, 0.3) is 0 Å². The Morgan fingerprint density at radius 3 is 1.25 bits per heavy atom. The maximum Gasteiger partial charge on any atom is 0.0832 e. The molecular formula is H3Cl2NO. The average molecular weight is 104 g/mol. The normalized spacial score (nSPS) is 4.50. The largest absolute Gasteiger partial charge is 0.344 e. The first-order chi connectivity index (χ1) is 1.41. The molecule has 0 unspecified atom stereocenters. The average Bonchev–Trinajstić information content (AvgIpc) is 0.918. The van der Waals surface area contributed by atoms with Crippen molar-refractivity contribution < 1.29 is 3.84 Å². The van der Waals surface area contributed by atoms with Gasteiger partial charge >= 0.3 is 0 Å². The van der Waals surface area contributed by atoms with Gasteiger partial charge in [-0.15, -0.1) is 0 Å². The molecule has 3 N–H and O–H groups in total. The summed E-state index contributed by atoms with van der Waals surface area (Å²) in [5.74, 6) is 0. The topological polar surface area (TPSA) is 44.2 Å². The van der Waals surface area contributed by atoms with E-state index in [1.807, 2.05) is 0 Å². The molecule has 0 aliphatic heterocycles. The molecule has 0 aromatic rings. The Morgan fingerprint density at radius 2 is 1.25 bits per heavy atom. The third kappa shape index (κ3) is 22.5. The summed E-state index contributed by atoms with van der Waals surface area (Å²) in [6, 6.07) is 0. The molecular weight excluding hydrogens is 101 g/mol. The van der Waals surface area contributed by atoms with Crippen LogP contribution in [0.2, 0.25) is 0 Å². The van der Waals surface area contributed by atoms with E-state index >= 15 is 0 Å². The molecule has 0 heterocycles. The van der Waals surface area contributed by atoms with Gasteiger partial charge < -0.3 is 6.15 Å². The molecule has 0 aliphatic carbocycles. The number of hydrogen-bond acceptors (Lipinski definition) is 2. The summed E-state index contributed by atoms with van der Waals surface area (Å²) in [4.78, 5) is 0. The minimum Gasteiger partial charge on any atom is -0.344 e. The molecule has 28 valence electrons. The van der Waals surface area contributed by atoms with Crippen LogP contribution >= 0.6 is 23.7 Å². The van der Waals surface area contributed by atoms with Crippen LogP contribution in [0.5, 0.6) is 0 Å². The van der Waals surface area contributed by atoms with Crippen molar-refractivity contribution in [3.05, 3.63) is 0 Å². The van der Waals surface area contributed by atoms with E-state index in [1.54, 1.807) is 0 Å². The van der Waals surface area contributed by atoms with E-state index in [-0.39, 0.29) is 6.15 Å². The zero-order valence-electron chi connectivity index (χ0n) is 1.87. The van der Waals surface area contributed by atoms with Crippen LogP contribution < -0.4 is 6.15 Å². The van der Waals surface area contributed by atoms with Crippen molar-refractivity contribution in [2.45, 2.75) is 0 Å². The molecule has 0 bridgehead atoms. The Morgan fingerprint density at radius 1 is 1.25 bits per heavy atom. The number of rotatable bonds is 0. The molecule has 4 heavy (non-hydrogen) atoms. The molecule has 0 saturated carbocycles. The van der Waals surface area contributed by atoms with Gasteiger partial charge in [-0.3, -0.25) is 0 Å². The summed E-state index contributed by atoms with van der Waals surface area (Å²) in [7, 11) is 0. The van der Waals surface area contributed by atoms with E-state index in [0.717, 1.165) is 0 Å². The fourth-order valence-corrected chi connectivity index (χ4v) is 0. The highest BCUT2D eigenvalue weighted by Crippen LogP contribution is 1.78. The van der Waals surface area contributed by atoms with E-state index in [9.17, 15) is 0 Å². The Balaban J connectivity index is 0. The van der Waals surface area contributed by atoms with Gasteiger partial charge in [0.2, 0.25) is 0 Å². The van der Waals surface area contributed by atoms with E-state index in [0.29, 0.717) is 0 Å².